The second kappa shape index (κ2) is 8.94. The summed E-state index contributed by atoms with van der Waals surface area (Å²) in [4.78, 5) is 28.2. The number of hydrogen-bond acceptors (Lipinski definition) is 8. The molecule has 4 rings (SSSR count). The van der Waals surface area contributed by atoms with Crippen molar-refractivity contribution in [1.29, 1.82) is 0 Å². The lowest BCUT2D eigenvalue weighted by Crippen LogP contribution is -2.30. The number of fused-ring (bicyclic) bond motifs is 2. The van der Waals surface area contributed by atoms with Crippen molar-refractivity contribution in [3.63, 3.8) is 0 Å². The molecule has 4 heterocycles. The number of sulfone groups is 1. The van der Waals surface area contributed by atoms with Crippen molar-refractivity contribution in [2.75, 3.05) is 12.4 Å². The number of nitrogens with one attached hydrogen (secondary N) is 1. The molecule has 1 amide bonds. The summed E-state index contributed by atoms with van der Waals surface area (Å²) in [6.07, 6.45) is -7.51. The molecule has 0 radical (unpaired) electrons. The van der Waals surface area contributed by atoms with Gasteiger partial charge < -0.3 is 4.57 Å². The molecular formula is C19H15F6N7O4S. The zero-order valence-corrected chi connectivity index (χ0v) is 19.5. The van der Waals surface area contributed by atoms with Crippen LogP contribution in [0.3, 0.4) is 0 Å². The molecule has 0 fully saturated rings. The molecule has 4 aromatic heterocycles. The molecule has 0 aliphatic rings. The van der Waals surface area contributed by atoms with Crippen LogP contribution in [0.1, 0.15) is 23.1 Å². The molecule has 0 saturated carbocycles. The molecule has 37 heavy (non-hydrogen) atoms. The number of halogens is 6. The summed E-state index contributed by atoms with van der Waals surface area (Å²) in [6, 6.07) is 1.73. The lowest BCUT2D eigenvalue weighted by molar-refractivity contribution is -0.184. The summed E-state index contributed by atoms with van der Waals surface area (Å²) in [7, 11) is -2.74. The third kappa shape index (κ3) is 4.93. The van der Waals surface area contributed by atoms with Gasteiger partial charge >= 0.3 is 12.4 Å². The second-order valence-electron chi connectivity index (χ2n) is 7.53. The standard InChI is InChI=1S/C19H15F6N7O4S/c1-3-37(34,35)17-13(15-28-9-6-12(19(23,24)25)27-7-11(9)31(15)2)14-26-5-4-10(32(14)29-17)16(33)30-36-8-18(20,21)22/h4-7H,3,8H2,1-2H3,(H,30,33). The van der Waals surface area contributed by atoms with Crippen LogP contribution >= 0.6 is 0 Å². The number of amides is 1. The normalized spacial score (nSPS) is 13.0. The summed E-state index contributed by atoms with van der Waals surface area (Å²) in [6.45, 7) is -0.482. The predicted molar refractivity (Wildman–Crippen MR) is 113 cm³/mol. The van der Waals surface area contributed by atoms with Gasteiger partial charge in [0, 0.05) is 13.2 Å². The van der Waals surface area contributed by atoms with Crippen molar-refractivity contribution < 1.29 is 44.4 Å². The Morgan fingerprint density at radius 3 is 2.49 bits per heavy atom. The van der Waals surface area contributed by atoms with Gasteiger partial charge in [-0.3, -0.25) is 9.63 Å². The Morgan fingerprint density at radius 2 is 1.86 bits per heavy atom. The van der Waals surface area contributed by atoms with E-state index in [2.05, 4.69) is 24.9 Å². The highest BCUT2D eigenvalue weighted by Crippen LogP contribution is 2.34. The molecule has 0 atom stereocenters. The smallest absolute Gasteiger partial charge is 0.326 e. The van der Waals surface area contributed by atoms with Crippen LogP contribution in [-0.2, 0) is 27.9 Å². The van der Waals surface area contributed by atoms with E-state index in [1.165, 1.54) is 18.5 Å². The van der Waals surface area contributed by atoms with E-state index in [9.17, 15) is 39.6 Å². The Hall–Kier alpha value is -3.80. The van der Waals surface area contributed by atoms with Gasteiger partial charge in [-0.05, 0) is 12.1 Å². The first kappa shape index (κ1) is 26.3. The molecule has 0 aliphatic heterocycles. The van der Waals surface area contributed by atoms with E-state index in [0.717, 1.165) is 23.0 Å². The number of pyridine rings is 1. The quantitative estimate of drug-likeness (QED) is 0.286. The van der Waals surface area contributed by atoms with Crippen LogP contribution in [0.25, 0.3) is 28.1 Å². The molecule has 18 heteroatoms. The highest BCUT2D eigenvalue weighted by atomic mass is 32.2. The van der Waals surface area contributed by atoms with E-state index in [0.29, 0.717) is 6.07 Å². The number of rotatable bonds is 6. The maximum Gasteiger partial charge on any atom is 0.433 e. The topological polar surface area (TPSA) is 133 Å². The molecule has 11 nitrogen and oxygen atoms in total. The average molecular weight is 551 g/mol. The molecule has 198 valence electrons. The van der Waals surface area contributed by atoms with E-state index in [1.807, 2.05) is 0 Å². The summed E-state index contributed by atoms with van der Waals surface area (Å²) in [5, 5.41) is 3.36. The molecule has 0 unspecified atom stereocenters. The lowest BCUT2D eigenvalue weighted by Gasteiger charge is -2.09. The minimum atomic E-state index is -4.76. The van der Waals surface area contributed by atoms with Gasteiger partial charge in [-0.2, -0.15) is 31.4 Å². The summed E-state index contributed by atoms with van der Waals surface area (Å²) in [5.41, 5.74) is -0.595. The number of imidazole rings is 1. The van der Waals surface area contributed by atoms with Crippen molar-refractivity contribution in [3.05, 3.63) is 35.9 Å². The van der Waals surface area contributed by atoms with Crippen molar-refractivity contribution >= 4 is 32.4 Å². The predicted octanol–water partition coefficient (Wildman–Crippen LogP) is 2.71. The number of carbonyl (C=O) groups is 1. The number of nitrogens with zero attached hydrogens (tertiary/aromatic N) is 6. The number of alkyl halides is 6. The van der Waals surface area contributed by atoms with Gasteiger partial charge in [-0.1, -0.05) is 6.92 Å². The lowest BCUT2D eigenvalue weighted by atomic mass is 10.3. The molecular weight excluding hydrogens is 536 g/mol. The maximum absolute atomic E-state index is 13.1. The van der Waals surface area contributed by atoms with Crippen LogP contribution in [0.15, 0.2) is 29.6 Å². The molecule has 1 N–H and O–H groups in total. The SMILES string of the molecule is CCS(=O)(=O)c1nn2c(C(=O)NOCC(F)(F)F)ccnc2c1-c1nc2cc(C(F)(F)F)ncc2n1C. The Labute approximate surface area is 203 Å². The van der Waals surface area contributed by atoms with Gasteiger partial charge in [0.2, 0.25) is 0 Å². The first-order valence-electron chi connectivity index (χ1n) is 10.1. The van der Waals surface area contributed by atoms with Crippen molar-refractivity contribution in [1.82, 2.24) is 34.6 Å². The van der Waals surface area contributed by atoms with E-state index < -0.39 is 56.9 Å². The third-order valence-electron chi connectivity index (χ3n) is 5.08. The van der Waals surface area contributed by atoms with E-state index >= 15 is 0 Å². The molecule has 0 aliphatic carbocycles. The zero-order chi connectivity index (χ0) is 27.3. The Morgan fingerprint density at radius 1 is 1.16 bits per heavy atom. The Bertz CT molecular complexity index is 1630. The number of hydrogen-bond donors (Lipinski definition) is 1. The summed E-state index contributed by atoms with van der Waals surface area (Å²) >= 11 is 0. The van der Waals surface area contributed by atoms with Crippen LogP contribution in [0.2, 0.25) is 0 Å². The van der Waals surface area contributed by atoms with Gasteiger partial charge in [0.15, 0.2) is 27.1 Å². The summed E-state index contributed by atoms with van der Waals surface area (Å²) in [5.74, 6) is -1.81. The first-order valence-corrected chi connectivity index (χ1v) is 11.8. The number of aromatic nitrogens is 6. The van der Waals surface area contributed by atoms with Crippen LogP contribution in [0.4, 0.5) is 26.3 Å². The van der Waals surface area contributed by atoms with Crippen LogP contribution in [0.5, 0.6) is 0 Å². The minimum Gasteiger partial charge on any atom is -0.326 e. The minimum absolute atomic E-state index is 0.122. The van der Waals surface area contributed by atoms with Gasteiger partial charge in [-0.25, -0.2) is 33.4 Å². The molecule has 0 aromatic carbocycles. The summed E-state index contributed by atoms with van der Waals surface area (Å²) < 4.78 is 104. The van der Waals surface area contributed by atoms with Gasteiger partial charge in [0.05, 0.1) is 23.0 Å². The number of carbonyl (C=O) groups excluding carboxylic acids is 1. The fourth-order valence-corrected chi connectivity index (χ4v) is 4.32. The first-order chi connectivity index (χ1) is 17.1. The monoisotopic (exact) mass is 551 g/mol. The van der Waals surface area contributed by atoms with E-state index in [1.54, 1.807) is 5.48 Å². The molecule has 0 bridgehead atoms. The van der Waals surface area contributed by atoms with Crippen LogP contribution in [0, 0.1) is 0 Å². The van der Waals surface area contributed by atoms with Gasteiger partial charge in [0.25, 0.3) is 5.91 Å². The van der Waals surface area contributed by atoms with Gasteiger partial charge in [0.1, 0.15) is 22.8 Å². The number of hydroxylamine groups is 1. The highest BCUT2D eigenvalue weighted by Gasteiger charge is 2.34. The highest BCUT2D eigenvalue weighted by molar-refractivity contribution is 7.91. The fourth-order valence-electron chi connectivity index (χ4n) is 3.35. The largest absolute Gasteiger partial charge is 0.433 e. The number of aryl methyl sites for hydroxylation is 1. The van der Waals surface area contributed by atoms with Crippen molar-refractivity contribution in [2.24, 2.45) is 7.05 Å². The average Bonchev–Trinajstić information content (AvgIpc) is 3.35. The van der Waals surface area contributed by atoms with Crippen LogP contribution < -0.4 is 5.48 Å². The van der Waals surface area contributed by atoms with Crippen LogP contribution in [-0.4, -0.2) is 62.0 Å². The second-order valence-corrected chi connectivity index (χ2v) is 9.73. The Balaban J connectivity index is 1.92. The third-order valence-corrected chi connectivity index (χ3v) is 6.71. The fraction of sp³-hybridized carbons (Fsp3) is 0.316. The Kier molecular flexibility index (Phi) is 6.35. The molecule has 4 aromatic rings. The van der Waals surface area contributed by atoms with E-state index in [4.69, 9.17) is 0 Å². The zero-order valence-electron chi connectivity index (χ0n) is 18.7. The van der Waals surface area contributed by atoms with Crippen molar-refractivity contribution in [3.8, 4) is 11.4 Å². The maximum atomic E-state index is 13.1. The van der Waals surface area contributed by atoms with Crippen molar-refractivity contribution in [2.45, 2.75) is 24.3 Å². The van der Waals surface area contributed by atoms with E-state index in [-0.39, 0.29) is 28.1 Å². The molecule has 0 saturated heterocycles. The molecule has 0 spiro atoms. The van der Waals surface area contributed by atoms with Gasteiger partial charge in [-0.15, -0.1) is 0 Å².